The minimum Gasteiger partial charge on any atom is -0.469 e. The number of esters is 1. The molecule has 1 N–H and O–H groups in total. The summed E-state index contributed by atoms with van der Waals surface area (Å²) in [7, 11) is 3.15. The fraction of sp³-hybridized carbons (Fsp3) is 0.200. The number of amides is 1. The van der Waals surface area contributed by atoms with E-state index in [4.69, 9.17) is 16.3 Å². The highest BCUT2D eigenvalue weighted by Crippen LogP contribution is 2.26. The predicted octanol–water partition coefficient (Wildman–Crippen LogP) is 3.87. The first-order chi connectivity index (χ1) is 12.5. The monoisotopic (exact) mass is 370 g/mol. The highest BCUT2D eigenvalue weighted by molar-refractivity contribution is 6.31. The van der Waals surface area contributed by atoms with Gasteiger partial charge in [-0.25, -0.2) is 0 Å². The van der Waals surface area contributed by atoms with Crippen LogP contribution in [0.2, 0.25) is 5.02 Å². The van der Waals surface area contributed by atoms with Crippen LogP contribution in [0.25, 0.3) is 10.9 Å². The van der Waals surface area contributed by atoms with E-state index in [1.807, 2.05) is 48.0 Å². The van der Waals surface area contributed by atoms with Gasteiger partial charge in [0.2, 0.25) is 0 Å². The molecule has 6 heteroatoms. The van der Waals surface area contributed by atoms with Crippen molar-refractivity contribution in [3.63, 3.8) is 0 Å². The number of halogens is 1. The number of nitrogens with one attached hydrogen (secondary N) is 1. The SMILES string of the molecule is COC(=O)CC(NC(=O)c1cc2ccccc2n1C)c1ccccc1Cl. The molecule has 1 aromatic heterocycles. The summed E-state index contributed by atoms with van der Waals surface area (Å²) in [6, 6.07) is 16.1. The van der Waals surface area contributed by atoms with E-state index in [9.17, 15) is 9.59 Å². The Morgan fingerprint density at radius 2 is 1.85 bits per heavy atom. The van der Waals surface area contributed by atoms with Crippen LogP contribution < -0.4 is 5.32 Å². The molecule has 134 valence electrons. The number of nitrogens with zero attached hydrogens (tertiary/aromatic N) is 1. The number of aryl methyl sites for hydroxylation is 1. The molecule has 0 aliphatic rings. The second kappa shape index (κ2) is 7.62. The molecule has 0 spiro atoms. The van der Waals surface area contributed by atoms with Crippen molar-refractivity contribution in [1.29, 1.82) is 0 Å². The van der Waals surface area contributed by atoms with Gasteiger partial charge in [0.25, 0.3) is 5.91 Å². The van der Waals surface area contributed by atoms with E-state index >= 15 is 0 Å². The van der Waals surface area contributed by atoms with Crippen molar-refractivity contribution in [3.05, 3.63) is 70.9 Å². The zero-order valence-corrected chi connectivity index (χ0v) is 15.3. The summed E-state index contributed by atoms with van der Waals surface area (Å²) in [5.41, 5.74) is 2.14. The van der Waals surface area contributed by atoms with Gasteiger partial charge in [-0.2, -0.15) is 0 Å². The maximum Gasteiger partial charge on any atom is 0.307 e. The average Bonchev–Trinajstić information content (AvgIpc) is 2.98. The Labute approximate surface area is 156 Å². The molecule has 0 fully saturated rings. The van der Waals surface area contributed by atoms with Crippen molar-refractivity contribution < 1.29 is 14.3 Å². The van der Waals surface area contributed by atoms with E-state index in [1.165, 1.54) is 7.11 Å². The number of carbonyl (C=O) groups excluding carboxylic acids is 2. The van der Waals surface area contributed by atoms with Crippen LogP contribution in [0.15, 0.2) is 54.6 Å². The number of ether oxygens (including phenoxy) is 1. The lowest BCUT2D eigenvalue weighted by molar-refractivity contribution is -0.141. The van der Waals surface area contributed by atoms with Crippen molar-refractivity contribution in [2.45, 2.75) is 12.5 Å². The standard InChI is InChI=1S/C20H19ClN2O3/c1-23-17-10-6-3-7-13(17)11-18(23)20(25)22-16(12-19(24)26-2)14-8-4-5-9-15(14)21/h3-11,16H,12H2,1-2H3,(H,22,25). The third kappa shape index (κ3) is 3.58. The Morgan fingerprint density at radius 3 is 2.54 bits per heavy atom. The second-order valence-corrected chi connectivity index (χ2v) is 6.38. The lowest BCUT2D eigenvalue weighted by Crippen LogP contribution is -2.31. The Kier molecular flexibility index (Phi) is 5.28. The van der Waals surface area contributed by atoms with Gasteiger partial charge in [0, 0.05) is 23.0 Å². The van der Waals surface area contributed by atoms with E-state index in [0.29, 0.717) is 16.3 Å². The highest BCUT2D eigenvalue weighted by Gasteiger charge is 2.23. The maximum atomic E-state index is 12.9. The van der Waals surface area contributed by atoms with Gasteiger partial charge in [0.05, 0.1) is 19.6 Å². The molecule has 3 aromatic rings. The third-order valence-electron chi connectivity index (χ3n) is 4.37. The van der Waals surface area contributed by atoms with Crippen molar-refractivity contribution in [2.75, 3.05) is 7.11 Å². The van der Waals surface area contributed by atoms with Gasteiger partial charge >= 0.3 is 5.97 Å². The first-order valence-electron chi connectivity index (χ1n) is 8.18. The molecule has 1 atom stereocenters. The zero-order chi connectivity index (χ0) is 18.7. The van der Waals surface area contributed by atoms with Crippen LogP contribution in [0.3, 0.4) is 0 Å². The van der Waals surface area contributed by atoms with Crippen LogP contribution in [0.4, 0.5) is 0 Å². The molecule has 0 saturated carbocycles. The van der Waals surface area contributed by atoms with E-state index in [1.54, 1.807) is 18.2 Å². The molecule has 0 saturated heterocycles. The Bertz CT molecular complexity index is 965. The molecule has 3 rings (SSSR count). The summed E-state index contributed by atoms with van der Waals surface area (Å²) in [6.45, 7) is 0. The minimum absolute atomic E-state index is 0.00405. The molecular formula is C20H19ClN2O3. The van der Waals surface area contributed by atoms with Crippen molar-refractivity contribution in [3.8, 4) is 0 Å². The number of benzene rings is 2. The van der Waals surface area contributed by atoms with Crippen LogP contribution in [0, 0.1) is 0 Å². The van der Waals surface area contributed by atoms with E-state index < -0.39 is 12.0 Å². The van der Waals surface area contributed by atoms with E-state index in [2.05, 4.69) is 5.32 Å². The van der Waals surface area contributed by atoms with E-state index in [-0.39, 0.29) is 12.3 Å². The largest absolute Gasteiger partial charge is 0.469 e. The number of methoxy groups -OCH3 is 1. The molecule has 1 heterocycles. The van der Waals surface area contributed by atoms with Gasteiger partial charge in [0.1, 0.15) is 5.69 Å². The summed E-state index contributed by atoms with van der Waals surface area (Å²) < 4.78 is 6.59. The van der Waals surface area contributed by atoms with Gasteiger partial charge in [-0.3, -0.25) is 9.59 Å². The lowest BCUT2D eigenvalue weighted by Gasteiger charge is -2.19. The third-order valence-corrected chi connectivity index (χ3v) is 4.71. The molecule has 5 nitrogen and oxygen atoms in total. The fourth-order valence-electron chi connectivity index (χ4n) is 2.99. The molecule has 26 heavy (non-hydrogen) atoms. The molecule has 0 radical (unpaired) electrons. The fourth-order valence-corrected chi connectivity index (χ4v) is 3.25. The summed E-state index contributed by atoms with van der Waals surface area (Å²) in [6.07, 6.45) is -0.00405. The van der Waals surface area contributed by atoms with Gasteiger partial charge < -0.3 is 14.6 Å². The van der Waals surface area contributed by atoms with Gasteiger partial charge in [-0.15, -0.1) is 0 Å². The van der Waals surface area contributed by atoms with Crippen LogP contribution in [0.5, 0.6) is 0 Å². The molecule has 0 bridgehead atoms. The number of para-hydroxylation sites is 1. The summed E-state index contributed by atoms with van der Waals surface area (Å²) in [4.78, 5) is 24.7. The first-order valence-corrected chi connectivity index (χ1v) is 8.55. The van der Waals surface area contributed by atoms with Crippen LogP contribution in [0.1, 0.15) is 28.5 Å². The summed E-state index contributed by atoms with van der Waals surface area (Å²) >= 11 is 6.26. The van der Waals surface area contributed by atoms with Crippen LogP contribution in [-0.2, 0) is 16.6 Å². The molecular weight excluding hydrogens is 352 g/mol. The maximum absolute atomic E-state index is 12.9. The number of hydrogen-bond acceptors (Lipinski definition) is 3. The van der Waals surface area contributed by atoms with Crippen LogP contribution in [-0.4, -0.2) is 23.6 Å². The molecule has 1 unspecified atom stereocenters. The highest BCUT2D eigenvalue weighted by atomic mass is 35.5. The topological polar surface area (TPSA) is 60.3 Å². The Morgan fingerprint density at radius 1 is 1.15 bits per heavy atom. The zero-order valence-electron chi connectivity index (χ0n) is 14.5. The quantitative estimate of drug-likeness (QED) is 0.693. The molecule has 1 amide bonds. The van der Waals surface area contributed by atoms with Crippen molar-refractivity contribution in [1.82, 2.24) is 9.88 Å². The van der Waals surface area contributed by atoms with Crippen molar-refractivity contribution >= 4 is 34.4 Å². The lowest BCUT2D eigenvalue weighted by atomic mass is 10.0. The minimum atomic E-state index is -0.582. The first kappa shape index (κ1) is 18.0. The normalized spacial score (nSPS) is 12.0. The van der Waals surface area contributed by atoms with Gasteiger partial charge in [0.15, 0.2) is 0 Å². The second-order valence-electron chi connectivity index (χ2n) is 5.98. The Hall–Kier alpha value is -2.79. The number of aromatic nitrogens is 1. The van der Waals surface area contributed by atoms with Crippen molar-refractivity contribution in [2.24, 2.45) is 7.05 Å². The average molecular weight is 371 g/mol. The Balaban J connectivity index is 1.92. The number of rotatable bonds is 5. The smallest absolute Gasteiger partial charge is 0.307 e. The number of fused-ring (bicyclic) bond motifs is 1. The molecule has 0 aliphatic carbocycles. The van der Waals surface area contributed by atoms with Gasteiger partial charge in [-0.05, 0) is 23.8 Å². The van der Waals surface area contributed by atoms with E-state index in [0.717, 1.165) is 10.9 Å². The molecule has 2 aromatic carbocycles. The summed E-state index contributed by atoms with van der Waals surface area (Å²) in [5.74, 6) is -0.704. The number of carbonyl (C=O) groups is 2. The van der Waals surface area contributed by atoms with Crippen LogP contribution >= 0.6 is 11.6 Å². The predicted molar refractivity (Wildman–Crippen MR) is 101 cm³/mol. The summed E-state index contributed by atoms with van der Waals surface area (Å²) in [5, 5.41) is 4.37. The number of hydrogen-bond donors (Lipinski definition) is 1. The molecule has 0 aliphatic heterocycles. The van der Waals surface area contributed by atoms with Gasteiger partial charge in [-0.1, -0.05) is 48.0 Å².